The second kappa shape index (κ2) is 11.8. The summed E-state index contributed by atoms with van der Waals surface area (Å²) in [6.45, 7) is 0. The molecule has 0 aliphatic carbocycles. The van der Waals surface area contributed by atoms with Crippen LogP contribution in [0.3, 0.4) is 0 Å². The molecule has 0 saturated heterocycles. The van der Waals surface area contributed by atoms with E-state index >= 15 is 0 Å². The highest BCUT2D eigenvalue weighted by atomic mass is 32.2. The summed E-state index contributed by atoms with van der Waals surface area (Å²) in [6.07, 6.45) is 0. The van der Waals surface area contributed by atoms with Crippen molar-refractivity contribution in [1.82, 2.24) is 0 Å². The fourth-order valence-corrected chi connectivity index (χ4v) is 6.56. The van der Waals surface area contributed by atoms with E-state index in [-0.39, 0.29) is 0 Å². The van der Waals surface area contributed by atoms with Crippen molar-refractivity contribution in [1.29, 1.82) is 0 Å². The van der Waals surface area contributed by atoms with Gasteiger partial charge in [0.15, 0.2) is 0 Å². The first-order chi connectivity index (χ1) is 16.8. The highest BCUT2D eigenvalue weighted by Gasteiger charge is 2.03. The van der Waals surface area contributed by atoms with Gasteiger partial charge in [-0.05, 0) is 97.1 Å². The van der Waals surface area contributed by atoms with Crippen LogP contribution in [-0.2, 0) is 0 Å². The lowest BCUT2D eigenvalue weighted by atomic mass is 10.4. The van der Waals surface area contributed by atoms with E-state index in [9.17, 15) is 0 Å². The molecule has 0 N–H and O–H groups in total. The van der Waals surface area contributed by atoms with E-state index < -0.39 is 0 Å². The van der Waals surface area contributed by atoms with E-state index in [1.165, 1.54) is 39.2 Å². The topological polar surface area (TPSA) is 0 Å². The fourth-order valence-electron chi connectivity index (χ4n) is 3.25. The normalized spacial score (nSPS) is 10.8. The van der Waals surface area contributed by atoms with Gasteiger partial charge < -0.3 is 0 Å². The van der Waals surface area contributed by atoms with Crippen molar-refractivity contribution in [2.45, 2.75) is 39.2 Å². The first kappa shape index (κ1) is 23.3. The van der Waals surface area contributed by atoms with Crippen LogP contribution in [0.5, 0.6) is 0 Å². The highest BCUT2D eigenvalue weighted by molar-refractivity contribution is 8.00. The minimum absolute atomic E-state index is 1.25. The molecule has 166 valence electrons. The van der Waals surface area contributed by atoms with Gasteiger partial charge in [0.05, 0.1) is 0 Å². The predicted molar refractivity (Wildman–Crippen MR) is 149 cm³/mol. The van der Waals surface area contributed by atoms with Gasteiger partial charge in [-0.25, -0.2) is 0 Å². The average Bonchev–Trinajstić information content (AvgIpc) is 2.89. The van der Waals surface area contributed by atoms with Crippen LogP contribution in [0.1, 0.15) is 0 Å². The van der Waals surface area contributed by atoms with E-state index in [0.29, 0.717) is 0 Å². The lowest BCUT2D eigenvalue weighted by Crippen LogP contribution is -1.78. The molecule has 0 atom stereocenters. The molecule has 0 unspecified atom stereocenters. The smallest absolute Gasteiger partial charge is 0.0123 e. The summed E-state index contributed by atoms with van der Waals surface area (Å²) in [5.41, 5.74) is 0. The first-order valence-corrected chi connectivity index (χ1v) is 14.2. The molecular weight excluding hydrogens is 489 g/mol. The van der Waals surface area contributed by atoms with Crippen molar-refractivity contribution in [3.63, 3.8) is 0 Å². The molecule has 0 aliphatic rings. The number of hydrogen-bond donors (Lipinski definition) is 0. The van der Waals surface area contributed by atoms with Crippen LogP contribution in [0, 0.1) is 0 Å². The zero-order chi connectivity index (χ0) is 23.0. The molecule has 0 radical (unpaired) electrons. The molecule has 0 amide bonds. The summed E-state index contributed by atoms with van der Waals surface area (Å²) in [6, 6.07) is 47.4. The van der Waals surface area contributed by atoms with Gasteiger partial charge in [-0.3, -0.25) is 0 Å². The minimum Gasteiger partial charge on any atom is -0.0901 e. The summed E-state index contributed by atoms with van der Waals surface area (Å²) in [4.78, 5) is 10.1. The van der Waals surface area contributed by atoms with E-state index in [1.54, 1.807) is 47.0 Å². The minimum atomic E-state index is 1.25. The molecule has 0 saturated carbocycles. The summed E-state index contributed by atoms with van der Waals surface area (Å²) in [7, 11) is 0. The molecule has 5 aromatic carbocycles. The van der Waals surface area contributed by atoms with Crippen LogP contribution in [0.15, 0.2) is 173 Å². The Hall–Kier alpha value is -2.50. The standard InChI is InChI=1S/C30H22S4/c1-3-7-23(8-4-1)31-25-11-15-27(16-12-25)33-29-19-21-30(22-20-29)34-28-17-13-26(14-18-28)32-24-9-5-2-6-10-24/h1-22H. The Morgan fingerprint density at radius 1 is 0.206 bits per heavy atom. The predicted octanol–water partition coefficient (Wildman–Crippen LogP) is 10.3. The van der Waals surface area contributed by atoms with Crippen LogP contribution in [0.2, 0.25) is 0 Å². The Labute approximate surface area is 218 Å². The number of benzene rings is 5. The molecule has 0 spiro atoms. The molecule has 5 rings (SSSR count). The summed E-state index contributed by atoms with van der Waals surface area (Å²) in [5.74, 6) is 0. The largest absolute Gasteiger partial charge is 0.0901 e. The molecule has 0 fully saturated rings. The van der Waals surface area contributed by atoms with Gasteiger partial charge in [0, 0.05) is 39.2 Å². The van der Waals surface area contributed by atoms with Gasteiger partial charge in [-0.2, -0.15) is 0 Å². The molecule has 0 aliphatic heterocycles. The SMILES string of the molecule is c1ccc(Sc2ccc(Sc3ccc(Sc4ccc(Sc5ccccc5)cc4)cc3)cc2)cc1. The lowest BCUT2D eigenvalue weighted by Gasteiger charge is -2.07. The molecule has 34 heavy (non-hydrogen) atoms. The van der Waals surface area contributed by atoms with Gasteiger partial charge >= 0.3 is 0 Å². The molecular formula is C30H22S4. The fraction of sp³-hybridized carbons (Fsp3) is 0. The average molecular weight is 511 g/mol. The van der Waals surface area contributed by atoms with Crippen LogP contribution < -0.4 is 0 Å². The van der Waals surface area contributed by atoms with Crippen molar-refractivity contribution in [3.05, 3.63) is 133 Å². The maximum atomic E-state index is 2.21. The molecule has 0 bridgehead atoms. The first-order valence-electron chi connectivity index (χ1n) is 10.9. The van der Waals surface area contributed by atoms with Gasteiger partial charge in [-0.1, -0.05) is 83.4 Å². The van der Waals surface area contributed by atoms with Gasteiger partial charge in [0.25, 0.3) is 0 Å². The Morgan fingerprint density at radius 3 is 0.588 bits per heavy atom. The van der Waals surface area contributed by atoms with Crippen LogP contribution in [0.4, 0.5) is 0 Å². The van der Waals surface area contributed by atoms with E-state index in [0.717, 1.165) is 0 Å². The number of hydrogen-bond acceptors (Lipinski definition) is 4. The Morgan fingerprint density at radius 2 is 0.382 bits per heavy atom. The third-order valence-electron chi connectivity index (χ3n) is 4.90. The quantitative estimate of drug-likeness (QED) is 0.203. The highest BCUT2D eigenvalue weighted by Crippen LogP contribution is 2.35. The van der Waals surface area contributed by atoms with Crippen molar-refractivity contribution in [3.8, 4) is 0 Å². The van der Waals surface area contributed by atoms with Crippen LogP contribution in [0.25, 0.3) is 0 Å². The number of rotatable bonds is 8. The molecule has 0 nitrogen and oxygen atoms in total. The van der Waals surface area contributed by atoms with Crippen LogP contribution >= 0.6 is 47.0 Å². The van der Waals surface area contributed by atoms with Crippen molar-refractivity contribution in [2.24, 2.45) is 0 Å². The molecule has 0 aromatic heterocycles. The summed E-state index contributed by atoms with van der Waals surface area (Å²) >= 11 is 7.18. The summed E-state index contributed by atoms with van der Waals surface area (Å²) in [5, 5.41) is 0. The monoisotopic (exact) mass is 510 g/mol. The van der Waals surface area contributed by atoms with Gasteiger partial charge in [0.1, 0.15) is 0 Å². The third kappa shape index (κ3) is 6.77. The summed E-state index contributed by atoms with van der Waals surface area (Å²) < 4.78 is 0. The Balaban J connectivity index is 1.15. The zero-order valence-corrected chi connectivity index (χ0v) is 21.6. The maximum absolute atomic E-state index is 2.21. The zero-order valence-electron chi connectivity index (χ0n) is 18.3. The van der Waals surface area contributed by atoms with E-state index in [4.69, 9.17) is 0 Å². The Bertz CT molecular complexity index is 1190. The molecule has 0 heterocycles. The third-order valence-corrected chi connectivity index (χ3v) is 8.96. The molecule has 4 heteroatoms. The van der Waals surface area contributed by atoms with Gasteiger partial charge in [0.2, 0.25) is 0 Å². The van der Waals surface area contributed by atoms with E-state index in [2.05, 4.69) is 133 Å². The van der Waals surface area contributed by atoms with E-state index in [1.807, 2.05) is 0 Å². The maximum Gasteiger partial charge on any atom is 0.0123 e. The van der Waals surface area contributed by atoms with Gasteiger partial charge in [-0.15, -0.1) is 0 Å². The van der Waals surface area contributed by atoms with Crippen LogP contribution in [-0.4, -0.2) is 0 Å². The second-order valence-corrected chi connectivity index (χ2v) is 12.0. The second-order valence-electron chi connectivity index (χ2n) is 7.45. The van der Waals surface area contributed by atoms with Crippen molar-refractivity contribution in [2.75, 3.05) is 0 Å². The van der Waals surface area contributed by atoms with Crippen molar-refractivity contribution < 1.29 is 0 Å². The molecule has 5 aromatic rings. The Kier molecular flexibility index (Phi) is 8.05. The lowest BCUT2D eigenvalue weighted by molar-refractivity contribution is 1.30. The van der Waals surface area contributed by atoms with Crippen molar-refractivity contribution >= 4 is 47.0 Å².